The number of nitrogens with zero attached hydrogens (tertiary/aromatic N) is 3. The molecule has 0 saturated carbocycles. The van der Waals surface area contributed by atoms with Gasteiger partial charge in [-0.2, -0.15) is 0 Å². The van der Waals surface area contributed by atoms with E-state index in [2.05, 4.69) is 10.2 Å². The fourth-order valence-electron chi connectivity index (χ4n) is 1.66. The molecule has 0 unspecified atom stereocenters. The van der Waals surface area contributed by atoms with Gasteiger partial charge in [-0.15, -0.1) is 10.2 Å². The number of pyridine rings is 1. The summed E-state index contributed by atoms with van der Waals surface area (Å²) in [6.07, 6.45) is 0.607. The lowest BCUT2D eigenvalue weighted by molar-refractivity contribution is 0.0694. The van der Waals surface area contributed by atoms with Crippen LogP contribution in [0.2, 0.25) is 0 Å². The van der Waals surface area contributed by atoms with E-state index in [1.54, 1.807) is 13.0 Å². The Morgan fingerprint density at radius 3 is 2.63 bits per heavy atom. The highest BCUT2D eigenvalue weighted by Gasteiger charge is 2.14. The van der Waals surface area contributed by atoms with Gasteiger partial charge in [0.25, 0.3) is 5.56 Å². The van der Waals surface area contributed by atoms with E-state index in [0.717, 1.165) is 0 Å². The van der Waals surface area contributed by atoms with E-state index >= 15 is 0 Å². The van der Waals surface area contributed by atoms with Crippen molar-refractivity contribution in [1.82, 2.24) is 14.8 Å². The number of hydrogen-bond donors (Lipinski definition) is 1. The molecule has 0 atom stereocenters. The Hall–Kier alpha value is -2.44. The minimum Gasteiger partial charge on any atom is -0.477 e. The molecular formula is C12H13N3O4. The Morgan fingerprint density at radius 2 is 2.05 bits per heavy atom. The maximum Gasteiger partial charge on any atom is 0.341 e. The Bertz CT molecular complexity index is 672. The lowest BCUT2D eigenvalue weighted by Crippen LogP contribution is -2.28. The second-order valence-electron chi connectivity index (χ2n) is 4.03. The second-order valence-corrected chi connectivity index (χ2v) is 4.03. The molecule has 0 aliphatic heterocycles. The molecule has 0 aliphatic carbocycles. The van der Waals surface area contributed by atoms with Crippen molar-refractivity contribution in [3.63, 3.8) is 0 Å². The summed E-state index contributed by atoms with van der Waals surface area (Å²) >= 11 is 0. The molecule has 0 spiro atoms. The molecule has 2 rings (SSSR count). The van der Waals surface area contributed by atoms with Crippen molar-refractivity contribution in [3.05, 3.63) is 45.5 Å². The molecule has 2 heterocycles. The van der Waals surface area contributed by atoms with Gasteiger partial charge < -0.3 is 14.1 Å². The number of rotatable bonds is 4. The second kappa shape index (κ2) is 5.05. The number of aromatic nitrogens is 3. The topological polar surface area (TPSA) is 98.2 Å². The minimum atomic E-state index is -1.25. The molecule has 19 heavy (non-hydrogen) atoms. The zero-order valence-corrected chi connectivity index (χ0v) is 10.6. The van der Waals surface area contributed by atoms with Crippen molar-refractivity contribution >= 4 is 5.97 Å². The highest BCUT2D eigenvalue weighted by Crippen LogP contribution is 2.05. The van der Waals surface area contributed by atoms with Crippen LogP contribution in [-0.4, -0.2) is 25.8 Å². The van der Waals surface area contributed by atoms with Crippen LogP contribution in [0.25, 0.3) is 0 Å². The van der Waals surface area contributed by atoms with E-state index in [-0.39, 0.29) is 18.0 Å². The predicted octanol–water partition coefficient (Wildman–Crippen LogP) is 0.849. The number of aryl methyl sites for hydroxylation is 2. The smallest absolute Gasteiger partial charge is 0.341 e. The first-order valence-corrected chi connectivity index (χ1v) is 5.78. The van der Waals surface area contributed by atoms with Crippen LogP contribution in [0.15, 0.2) is 21.3 Å². The van der Waals surface area contributed by atoms with Gasteiger partial charge in [0.15, 0.2) is 0 Å². The van der Waals surface area contributed by atoms with Crippen molar-refractivity contribution in [2.24, 2.45) is 0 Å². The van der Waals surface area contributed by atoms with Gasteiger partial charge >= 0.3 is 5.97 Å². The zero-order chi connectivity index (χ0) is 14.0. The third-order valence-corrected chi connectivity index (χ3v) is 2.73. The van der Waals surface area contributed by atoms with Crippen molar-refractivity contribution in [3.8, 4) is 0 Å². The van der Waals surface area contributed by atoms with E-state index in [1.165, 1.54) is 10.6 Å². The van der Waals surface area contributed by atoms with Gasteiger partial charge in [-0.3, -0.25) is 4.79 Å². The summed E-state index contributed by atoms with van der Waals surface area (Å²) < 4.78 is 6.62. The third-order valence-electron chi connectivity index (χ3n) is 2.73. The van der Waals surface area contributed by atoms with Crippen molar-refractivity contribution in [2.75, 3.05) is 0 Å². The molecule has 0 radical (unpaired) electrons. The predicted molar refractivity (Wildman–Crippen MR) is 65.2 cm³/mol. The Labute approximate surface area is 108 Å². The summed E-state index contributed by atoms with van der Waals surface area (Å²) in [5.41, 5.74) is -0.226. The first kappa shape index (κ1) is 13.0. The Balaban J connectivity index is 2.42. The quantitative estimate of drug-likeness (QED) is 0.878. The Kier molecular flexibility index (Phi) is 3.46. The van der Waals surface area contributed by atoms with Crippen LogP contribution in [0.1, 0.15) is 34.8 Å². The number of carboxylic acids is 1. The van der Waals surface area contributed by atoms with Gasteiger partial charge in [0.2, 0.25) is 11.8 Å². The summed E-state index contributed by atoms with van der Waals surface area (Å²) in [6.45, 7) is 3.66. The molecule has 7 heteroatoms. The van der Waals surface area contributed by atoms with Crippen LogP contribution in [0.3, 0.4) is 0 Å². The van der Waals surface area contributed by atoms with E-state index < -0.39 is 11.5 Å². The normalized spacial score (nSPS) is 10.6. The van der Waals surface area contributed by atoms with E-state index in [9.17, 15) is 9.59 Å². The molecule has 100 valence electrons. The van der Waals surface area contributed by atoms with E-state index in [1.807, 2.05) is 6.92 Å². The molecular weight excluding hydrogens is 250 g/mol. The van der Waals surface area contributed by atoms with E-state index in [4.69, 9.17) is 9.52 Å². The monoisotopic (exact) mass is 263 g/mol. The fourth-order valence-corrected chi connectivity index (χ4v) is 1.66. The number of aromatic carboxylic acids is 1. The van der Waals surface area contributed by atoms with E-state index in [0.29, 0.717) is 18.0 Å². The molecule has 0 amide bonds. The van der Waals surface area contributed by atoms with Gasteiger partial charge in [0.1, 0.15) is 12.1 Å². The fraction of sp³-hybridized carbons (Fsp3) is 0.333. The number of carbonyl (C=O) groups is 1. The van der Waals surface area contributed by atoms with Gasteiger partial charge in [0, 0.05) is 12.1 Å². The van der Waals surface area contributed by atoms with Crippen LogP contribution < -0.4 is 5.56 Å². The minimum absolute atomic E-state index is 0.0682. The average Bonchev–Trinajstić information content (AvgIpc) is 2.81. The highest BCUT2D eigenvalue weighted by molar-refractivity contribution is 5.87. The maximum absolute atomic E-state index is 12.0. The van der Waals surface area contributed by atoms with Crippen molar-refractivity contribution in [2.45, 2.75) is 26.8 Å². The van der Waals surface area contributed by atoms with Crippen molar-refractivity contribution in [1.29, 1.82) is 0 Å². The lowest BCUT2D eigenvalue weighted by Gasteiger charge is -2.07. The lowest BCUT2D eigenvalue weighted by atomic mass is 10.2. The maximum atomic E-state index is 12.0. The van der Waals surface area contributed by atoms with Crippen LogP contribution in [0.4, 0.5) is 0 Å². The number of carboxylic acid groups (broad SMARTS) is 1. The first-order chi connectivity index (χ1) is 9.02. The first-order valence-electron chi connectivity index (χ1n) is 5.78. The number of hydrogen-bond acceptors (Lipinski definition) is 5. The van der Waals surface area contributed by atoms with Crippen molar-refractivity contribution < 1.29 is 14.3 Å². The molecule has 2 aromatic heterocycles. The van der Waals surface area contributed by atoms with Crippen LogP contribution in [0.5, 0.6) is 0 Å². The largest absolute Gasteiger partial charge is 0.477 e. The van der Waals surface area contributed by atoms with Crippen LogP contribution >= 0.6 is 0 Å². The molecule has 7 nitrogen and oxygen atoms in total. The molecule has 0 saturated heterocycles. The highest BCUT2D eigenvalue weighted by atomic mass is 16.4. The summed E-state index contributed by atoms with van der Waals surface area (Å²) in [5.74, 6) is -0.488. The third kappa shape index (κ3) is 2.54. The van der Waals surface area contributed by atoms with Crippen LogP contribution in [-0.2, 0) is 13.0 Å². The van der Waals surface area contributed by atoms with Gasteiger partial charge in [-0.25, -0.2) is 4.79 Å². The summed E-state index contributed by atoms with van der Waals surface area (Å²) in [5, 5.41) is 16.5. The molecule has 0 fully saturated rings. The van der Waals surface area contributed by atoms with Crippen LogP contribution in [0, 0.1) is 6.92 Å². The summed E-state index contributed by atoms with van der Waals surface area (Å²) in [6, 6.07) is 2.86. The van der Waals surface area contributed by atoms with Gasteiger partial charge in [-0.1, -0.05) is 6.92 Å². The zero-order valence-electron chi connectivity index (χ0n) is 10.6. The SMILES string of the molecule is CCc1nnc(Cn2c(C)ccc(C(=O)O)c2=O)o1. The molecule has 0 aromatic carbocycles. The Morgan fingerprint density at radius 1 is 1.37 bits per heavy atom. The van der Waals surface area contributed by atoms with Gasteiger partial charge in [0.05, 0.1) is 0 Å². The molecule has 2 aromatic rings. The van der Waals surface area contributed by atoms with Gasteiger partial charge in [-0.05, 0) is 19.1 Å². The average molecular weight is 263 g/mol. The standard InChI is InChI=1S/C12H13N3O4/c1-3-9-13-14-10(19-9)6-15-7(2)4-5-8(11(15)16)12(17)18/h4-5H,3,6H2,1-2H3,(H,17,18). The summed E-state index contributed by atoms with van der Waals surface area (Å²) in [7, 11) is 0. The molecule has 0 aliphatic rings. The molecule has 1 N–H and O–H groups in total. The summed E-state index contributed by atoms with van der Waals surface area (Å²) in [4.78, 5) is 22.9. The molecule has 0 bridgehead atoms.